The molecule has 1 N–H and O–H groups in total. The minimum absolute atomic E-state index is 0.291. The van der Waals surface area contributed by atoms with E-state index in [0.29, 0.717) is 18.1 Å². The van der Waals surface area contributed by atoms with Crippen LogP contribution in [-0.4, -0.2) is 27.6 Å². The zero-order valence-electron chi connectivity index (χ0n) is 12.8. The average molecular weight is 332 g/mol. The van der Waals surface area contributed by atoms with E-state index in [2.05, 4.69) is 4.72 Å². The maximum absolute atomic E-state index is 12.2. The molecule has 0 saturated heterocycles. The number of carbonyl (C=O) groups excluding carboxylic acids is 1. The Morgan fingerprint density at radius 1 is 1.33 bits per heavy atom. The molecule has 0 amide bonds. The van der Waals surface area contributed by atoms with Gasteiger partial charge in [-0.1, -0.05) is 23.7 Å². The summed E-state index contributed by atoms with van der Waals surface area (Å²) >= 11 is 5.85. The lowest BCUT2D eigenvalue weighted by molar-refractivity contribution is -0.145. The second kappa shape index (κ2) is 7.92. The second-order valence-electron chi connectivity index (χ2n) is 5.63. The van der Waals surface area contributed by atoms with Crippen molar-refractivity contribution in [2.75, 3.05) is 6.61 Å². The van der Waals surface area contributed by atoms with Gasteiger partial charge < -0.3 is 4.74 Å². The van der Waals surface area contributed by atoms with E-state index in [9.17, 15) is 9.00 Å². The van der Waals surface area contributed by atoms with Crippen molar-refractivity contribution in [1.29, 1.82) is 0 Å². The van der Waals surface area contributed by atoms with Crippen molar-refractivity contribution < 1.29 is 13.7 Å². The Balaban J connectivity index is 2.84. The van der Waals surface area contributed by atoms with E-state index in [-0.39, 0.29) is 0 Å². The van der Waals surface area contributed by atoms with Gasteiger partial charge in [-0.05, 0) is 51.8 Å². The average Bonchev–Trinajstić information content (AvgIpc) is 2.39. The molecule has 21 heavy (non-hydrogen) atoms. The summed E-state index contributed by atoms with van der Waals surface area (Å²) in [6.45, 7) is 7.58. The molecule has 0 aliphatic rings. The van der Waals surface area contributed by atoms with Crippen LogP contribution in [0.4, 0.5) is 0 Å². The summed E-state index contributed by atoms with van der Waals surface area (Å²) in [6.07, 6.45) is 0.401. The van der Waals surface area contributed by atoms with Gasteiger partial charge in [-0.25, -0.2) is 8.93 Å². The lowest BCUT2D eigenvalue weighted by atomic mass is 10.1. The summed E-state index contributed by atoms with van der Waals surface area (Å²) < 4.78 is 19.7. The van der Waals surface area contributed by atoms with Gasteiger partial charge in [-0.15, -0.1) is 0 Å². The summed E-state index contributed by atoms with van der Waals surface area (Å²) in [5, 5.41) is 0.637. The SMILES string of the molecule is CCOC(=O)C(Cc1ccc(Cl)cc1)N[S@@](=O)C(C)(C)C. The Morgan fingerprint density at radius 2 is 1.90 bits per heavy atom. The molecule has 0 radical (unpaired) electrons. The Morgan fingerprint density at radius 3 is 2.38 bits per heavy atom. The maximum Gasteiger partial charge on any atom is 0.324 e. The Labute approximate surface area is 133 Å². The van der Waals surface area contributed by atoms with Crippen LogP contribution in [0.5, 0.6) is 0 Å². The number of benzene rings is 1. The van der Waals surface area contributed by atoms with Crippen molar-refractivity contribution in [1.82, 2.24) is 4.72 Å². The van der Waals surface area contributed by atoms with Crippen molar-refractivity contribution in [2.24, 2.45) is 0 Å². The van der Waals surface area contributed by atoms with E-state index >= 15 is 0 Å². The molecular formula is C15H22ClNO3S. The molecule has 0 aromatic heterocycles. The van der Waals surface area contributed by atoms with Gasteiger partial charge >= 0.3 is 5.97 Å². The van der Waals surface area contributed by atoms with Gasteiger partial charge in [0.15, 0.2) is 0 Å². The van der Waals surface area contributed by atoms with Crippen molar-refractivity contribution in [2.45, 2.75) is 44.9 Å². The molecule has 0 aliphatic carbocycles. The standard InChI is InChI=1S/C15H22ClNO3S/c1-5-20-14(18)13(17-21(19)15(2,3)4)10-11-6-8-12(16)9-7-11/h6-9,13,17H,5,10H2,1-4H3/t13?,21-/m0/s1. The normalized spacial score (nSPS) is 14.5. The first-order valence-electron chi connectivity index (χ1n) is 6.83. The van der Waals surface area contributed by atoms with Gasteiger partial charge in [0.1, 0.15) is 6.04 Å². The largest absolute Gasteiger partial charge is 0.465 e. The molecule has 0 heterocycles. The van der Waals surface area contributed by atoms with Crippen LogP contribution in [0.15, 0.2) is 24.3 Å². The van der Waals surface area contributed by atoms with Crippen LogP contribution in [-0.2, 0) is 26.9 Å². The molecule has 1 unspecified atom stereocenters. The van der Waals surface area contributed by atoms with Crippen LogP contribution in [0.3, 0.4) is 0 Å². The highest BCUT2D eigenvalue weighted by Gasteiger charge is 2.27. The number of carbonyl (C=O) groups is 1. The number of hydrogen-bond acceptors (Lipinski definition) is 3. The van der Waals surface area contributed by atoms with Crippen LogP contribution >= 0.6 is 11.6 Å². The molecule has 0 bridgehead atoms. The molecule has 4 nitrogen and oxygen atoms in total. The number of nitrogens with one attached hydrogen (secondary N) is 1. The lowest BCUT2D eigenvalue weighted by Gasteiger charge is -2.23. The van der Waals surface area contributed by atoms with Crippen LogP contribution < -0.4 is 4.72 Å². The fourth-order valence-corrected chi connectivity index (χ4v) is 2.50. The molecule has 0 fully saturated rings. The zero-order valence-corrected chi connectivity index (χ0v) is 14.4. The van der Waals surface area contributed by atoms with E-state index in [1.807, 2.05) is 32.9 Å². The van der Waals surface area contributed by atoms with E-state index < -0.39 is 27.7 Å². The first kappa shape index (κ1) is 18.1. The third-order valence-corrected chi connectivity index (χ3v) is 4.59. The minimum atomic E-state index is -1.35. The highest BCUT2D eigenvalue weighted by atomic mass is 35.5. The smallest absolute Gasteiger partial charge is 0.324 e. The summed E-state index contributed by atoms with van der Waals surface area (Å²) in [6, 6.07) is 6.57. The first-order valence-corrected chi connectivity index (χ1v) is 8.36. The van der Waals surface area contributed by atoms with Crippen molar-refractivity contribution in [3.05, 3.63) is 34.9 Å². The lowest BCUT2D eigenvalue weighted by Crippen LogP contribution is -2.45. The predicted molar refractivity (Wildman–Crippen MR) is 86.6 cm³/mol. The van der Waals surface area contributed by atoms with Gasteiger partial charge in [0.2, 0.25) is 0 Å². The summed E-state index contributed by atoms with van der Waals surface area (Å²) in [5.41, 5.74) is 0.927. The van der Waals surface area contributed by atoms with Crippen LogP contribution in [0.25, 0.3) is 0 Å². The van der Waals surface area contributed by atoms with Crippen molar-refractivity contribution >= 4 is 28.6 Å². The molecule has 6 heteroatoms. The van der Waals surface area contributed by atoms with Crippen molar-refractivity contribution in [3.8, 4) is 0 Å². The summed E-state index contributed by atoms with van der Waals surface area (Å²) in [4.78, 5) is 12.0. The van der Waals surface area contributed by atoms with E-state index in [4.69, 9.17) is 16.3 Å². The molecule has 0 aliphatic heterocycles. The van der Waals surface area contributed by atoms with Crippen LogP contribution in [0.2, 0.25) is 5.02 Å². The molecule has 1 aromatic rings. The fraction of sp³-hybridized carbons (Fsp3) is 0.533. The fourth-order valence-electron chi connectivity index (χ4n) is 1.58. The Hall–Kier alpha value is -0.910. The van der Waals surface area contributed by atoms with E-state index in [1.54, 1.807) is 19.1 Å². The minimum Gasteiger partial charge on any atom is -0.465 e. The molecule has 1 rings (SSSR count). The summed E-state index contributed by atoms with van der Waals surface area (Å²) in [7, 11) is -1.35. The molecule has 2 atom stereocenters. The number of ether oxygens (including phenoxy) is 1. The van der Waals surface area contributed by atoms with Crippen molar-refractivity contribution in [3.63, 3.8) is 0 Å². The van der Waals surface area contributed by atoms with Gasteiger partial charge in [-0.2, -0.15) is 0 Å². The van der Waals surface area contributed by atoms with Gasteiger partial charge in [-0.3, -0.25) is 4.79 Å². The summed E-state index contributed by atoms with van der Waals surface area (Å²) in [5.74, 6) is -0.398. The third-order valence-electron chi connectivity index (χ3n) is 2.73. The number of hydrogen-bond donors (Lipinski definition) is 1. The third kappa shape index (κ3) is 6.16. The molecule has 1 aromatic carbocycles. The van der Waals surface area contributed by atoms with E-state index in [1.165, 1.54) is 0 Å². The predicted octanol–water partition coefficient (Wildman–Crippen LogP) is 2.87. The quantitative estimate of drug-likeness (QED) is 0.815. The van der Waals surface area contributed by atoms with Crippen LogP contribution in [0, 0.1) is 0 Å². The molecule has 0 spiro atoms. The first-order chi connectivity index (χ1) is 9.74. The topological polar surface area (TPSA) is 55.4 Å². The highest BCUT2D eigenvalue weighted by molar-refractivity contribution is 7.84. The molecule has 0 saturated carbocycles. The second-order valence-corrected chi connectivity index (χ2v) is 8.07. The van der Waals surface area contributed by atoms with E-state index in [0.717, 1.165) is 5.56 Å². The van der Waals surface area contributed by atoms with Crippen LogP contribution in [0.1, 0.15) is 33.3 Å². The maximum atomic E-state index is 12.2. The van der Waals surface area contributed by atoms with Gasteiger partial charge in [0, 0.05) is 5.02 Å². The monoisotopic (exact) mass is 331 g/mol. The Kier molecular flexibility index (Phi) is 6.84. The van der Waals surface area contributed by atoms with Gasteiger partial charge in [0.05, 0.1) is 22.3 Å². The van der Waals surface area contributed by atoms with Gasteiger partial charge in [0.25, 0.3) is 0 Å². The highest BCUT2D eigenvalue weighted by Crippen LogP contribution is 2.14. The number of esters is 1. The zero-order chi connectivity index (χ0) is 16.0. The number of rotatable bonds is 6. The molecular weight excluding hydrogens is 310 g/mol. The Bertz CT molecular complexity index is 497. The molecule has 118 valence electrons. The number of halogens is 1.